The summed E-state index contributed by atoms with van der Waals surface area (Å²) < 4.78 is 20.1. The van der Waals surface area contributed by atoms with Gasteiger partial charge in [-0.15, -0.1) is 0 Å². The molecule has 1 aromatic rings. The number of ether oxygens (including phenoxy) is 1. The van der Waals surface area contributed by atoms with Gasteiger partial charge in [0.1, 0.15) is 5.82 Å². The van der Waals surface area contributed by atoms with E-state index in [2.05, 4.69) is 28.2 Å². The molecule has 1 rings (SSSR count). The van der Waals surface area contributed by atoms with Crippen molar-refractivity contribution in [2.75, 3.05) is 19.8 Å². The van der Waals surface area contributed by atoms with Crippen LogP contribution < -0.4 is 5.32 Å². The summed E-state index contributed by atoms with van der Waals surface area (Å²) in [6.45, 7) is 6.51. The highest BCUT2D eigenvalue weighted by atomic mass is 79.9. The standard InChI is InChI=1S/C15H23BrFNO/c1-3-8-18-14(7-9-19-4-2)11-12-10-13(16)5-6-15(12)17/h5-6,10,14,18H,3-4,7-9,11H2,1-2H3. The van der Waals surface area contributed by atoms with E-state index in [-0.39, 0.29) is 11.9 Å². The van der Waals surface area contributed by atoms with Crippen LogP contribution in [0.25, 0.3) is 0 Å². The summed E-state index contributed by atoms with van der Waals surface area (Å²) in [5, 5.41) is 3.46. The van der Waals surface area contributed by atoms with E-state index < -0.39 is 0 Å². The second kappa shape index (κ2) is 9.45. The van der Waals surface area contributed by atoms with Crippen molar-refractivity contribution in [3.63, 3.8) is 0 Å². The summed E-state index contributed by atoms with van der Waals surface area (Å²) in [5.41, 5.74) is 0.750. The highest BCUT2D eigenvalue weighted by molar-refractivity contribution is 9.10. The fourth-order valence-electron chi connectivity index (χ4n) is 1.96. The van der Waals surface area contributed by atoms with Gasteiger partial charge in [-0.05, 0) is 56.5 Å². The predicted octanol–water partition coefficient (Wildman–Crippen LogP) is 3.93. The molecule has 0 radical (unpaired) electrons. The summed E-state index contributed by atoms with van der Waals surface area (Å²) in [6, 6.07) is 5.36. The Morgan fingerprint density at radius 2 is 2.16 bits per heavy atom. The number of halogens is 2. The number of nitrogens with one attached hydrogen (secondary N) is 1. The van der Waals surface area contributed by atoms with Crippen molar-refractivity contribution in [1.82, 2.24) is 5.32 Å². The van der Waals surface area contributed by atoms with Crippen molar-refractivity contribution < 1.29 is 9.13 Å². The summed E-state index contributed by atoms with van der Waals surface area (Å²) in [7, 11) is 0. The second-order valence-electron chi connectivity index (χ2n) is 4.58. The number of benzene rings is 1. The van der Waals surface area contributed by atoms with Crippen LogP contribution in [0.1, 0.15) is 32.3 Å². The van der Waals surface area contributed by atoms with Crippen LogP contribution in [0.4, 0.5) is 4.39 Å². The Morgan fingerprint density at radius 1 is 1.37 bits per heavy atom. The molecule has 4 heteroatoms. The molecule has 1 unspecified atom stereocenters. The number of rotatable bonds is 9. The van der Waals surface area contributed by atoms with Gasteiger partial charge in [-0.2, -0.15) is 0 Å². The van der Waals surface area contributed by atoms with Gasteiger partial charge in [-0.3, -0.25) is 0 Å². The Balaban J connectivity index is 2.61. The van der Waals surface area contributed by atoms with Gasteiger partial charge in [0.25, 0.3) is 0 Å². The largest absolute Gasteiger partial charge is 0.382 e. The molecule has 0 fully saturated rings. The monoisotopic (exact) mass is 331 g/mol. The van der Waals surface area contributed by atoms with Gasteiger partial charge >= 0.3 is 0 Å². The van der Waals surface area contributed by atoms with Crippen molar-refractivity contribution >= 4 is 15.9 Å². The van der Waals surface area contributed by atoms with Gasteiger partial charge in [-0.1, -0.05) is 22.9 Å². The third kappa shape index (κ3) is 6.50. The van der Waals surface area contributed by atoms with Crippen molar-refractivity contribution in [3.05, 3.63) is 34.1 Å². The van der Waals surface area contributed by atoms with Gasteiger partial charge in [0.15, 0.2) is 0 Å². The zero-order chi connectivity index (χ0) is 14.1. The molecule has 0 bridgehead atoms. The molecule has 0 spiro atoms. The topological polar surface area (TPSA) is 21.3 Å². The smallest absolute Gasteiger partial charge is 0.126 e. The first kappa shape index (κ1) is 16.6. The van der Waals surface area contributed by atoms with Crippen molar-refractivity contribution in [3.8, 4) is 0 Å². The van der Waals surface area contributed by atoms with E-state index in [1.807, 2.05) is 13.0 Å². The van der Waals surface area contributed by atoms with Crippen LogP contribution in [-0.2, 0) is 11.2 Å². The van der Waals surface area contributed by atoms with Crippen LogP contribution in [0.15, 0.2) is 22.7 Å². The van der Waals surface area contributed by atoms with E-state index in [1.54, 1.807) is 6.07 Å². The third-order valence-electron chi connectivity index (χ3n) is 2.97. The number of hydrogen-bond donors (Lipinski definition) is 1. The van der Waals surface area contributed by atoms with Gasteiger partial charge in [-0.25, -0.2) is 4.39 Å². The molecule has 0 aromatic heterocycles. The van der Waals surface area contributed by atoms with Crippen molar-refractivity contribution in [2.24, 2.45) is 0 Å². The highest BCUT2D eigenvalue weighted by Gasteiger charge is 2.12. The molecule has 1 N–H and O–H groups in total. The molecule has 0 saturated heterocycles. The van der Waals surface area contributed by atoms with Gasteiger partial charge in [0.2, 0.25) is 0 Å². The Labute approximate surface area is 123 Å². The maximum Gasteiger partial charge on any atom is 0.126 e. The first-order valence-corrected chi connectivity index (χ1v) is 7.71. The van der Waals surface area contributed by atoms with E-state index in [0.717, 1.165) is 36.0 Å². The van der Waals surface area contributed by atoms with Gasteiger partial charge < -0.3 is 10.1 Å². The maximum absolute atomic E-state index is 13.8. The first-order chi connectivity index (χ1) is 9.17. The molecule has 0 aliphatic heterocycles. The molecule has 1 aromatic carbocycles. The zero-order valence-corrected chi connectivity index (χ0v) is 13.3. The van der Waals surface area contributed by atoms with Crippen LogP contribution in [0.5, 0.6) is 0 Å². The second-order valence-corrected chi connectivity index (χ2v) is 5.49. The fourth-order valence-corrected chi connectivity index (χ4v) is 2.37. The Bertz CT molecular complexity index is 373. The van der Waals surface area contributed by atoms with Crippen LogP contribution >= 0.6 is 15.9 Å². The first-order valence-electron chi connectivity index (χ1n) is 6.92. The lowest BCUT2D eigenvalue weighted by Gasteiger charge is -2.19. The summed E-state index contributed by atoms with van der Waals surface area (Å²) in [4.78, 5) is 0. The van der Waals surface area contributed by atoms with E-state index in [1.165, 1.54) is 6.07 Å². The fraction of sp³-hybridized carbons (Fsp3) is 0.600. The summed E-state index contributed by atoms with van der Waals surface area (Å²) >= 11 is 3.39. The van der Waals surface area contributed by atoms with Gasteiger partial charge in [0, 0.05) is 23.7 Å². The summed E-state index contributed by atoms with van der Waals surface area (Å²) in [6.07, 6.45) is 2.67. The average Bonchev–Trinajstić information content (AvgIpc) is 2.40. The van der Waals surface area contributed by atoms with Gasteiger partial charge in [0.05, 0.1) is 0 Å². The normalized spacial score (nSPS) is 12.6. The van der Waals surface area contributed by atoms with E-state index >= 15 is 0 Å². The highest BCUT2D eigenvalue weighted by Crippen LogP contribution is 2.17. The molecule has 19 heavy (non-hydrogen) atoms. The molecule has 0 aliphatic rings. The lowest BCUT2D eigenvalue weighted by atomic mass is 10.0. The number of hydrogen-bond acceptors (Lipinski definition) is 2. The SMILES string of the molecule is CCCNC(CCOCC)Cc1cc(Br)ccc1F. The molecule has 0 aliphatic carbocycles. The molecular weight excluding hydrogens is 309 g/mol. The lowest BCUT2D eigenvalue weighted by molar-refractivity contribution is 0.136. The van der Waals surface area contributed by atoms with Crippen LogP contribution in [-0.4, -0.2) is 25.8 Å². The lowest BCUT2D eigenvalue weighted by Crippen LogP contribution is -2.33. The van der Waals surface area contributed by atoms with Crippen LogP contribution in [0.2, 0.25) is 0 Å². The summed E-state index contributed by atoms with van der Waals surface area (Å²) in [5.74, 6) is -0.136. The minimum Gasteiger partial charge on any atom is -0.382 e. The molecule has 108 valence electrons. The Morgan fingerprint density at radius 3 is 2.84 bits per heavy atom. The maximum atomic E-state index is 13.8. The van der Waals surface area contributed by atoms with Crippen molar-refractivity contribution in [1.29, 1.82) is 0 Å². The van der Waals surface area contributed by atoms with E-state index in [4.69, 9.17) is 4.74 Å². The van der Waals surface area contributed by atoms with E-state index in [9.17, 15) is 4.39 Å². The molecule has 0 heterocycles. The Kier molecular flexibility index (Phi) is 8.26. The average molecular weight is 332 g/mol. The molecule has 0 saturated carbocycles. The molecule has 1 atom stereocenters. The van der Waals surface area contributed by atoms with E-state index in [0.29, 0.717) is 13.0 Å². The van der Waals surface area contributed by atoms with Crippen LogP contribution in [0.3, 0.4) is 0 Å². The zero-order valence-electron chi connectivity index (χ0n) is 11.7. The Hall–Kier alpha value is -0.450. The third-order valence-corrected chi connectivity index (χ3v) is 3.47. The minimum absolute atomic E-state index is 0.136. The molecular formula is C15H23BrFNO. The predicted molar refractivity (Wildman–Crippen MR) is 81.0 cm³/mol. The van der Waals surface area contributed by atoms with Crippen LogP contribution in [0, 0.1) is 5.82 Å². The molecule has 2 nitrogen and oxygen atoms in total. The van der Waals surface area contributed by atoms with Crippen molar-refractivity contribution in [2.45, 2.75) is 39.2 Å². The quantitative estimate of drug-likeness (QED) is 0.692. The minimum atomic E-state index is -0.136. The molecule has 0 amide bonds.